The predicted molar refractivity (Wildman–Crippen MR) is 180 cm³/mol. The van der Waals surface area contributed by atoms with Gasteiger partial charge >= 0.3 is 12.2 Å². The molecular formula is C34H47N5O9S. The van der Waals surface area contributed by atoms with Gasteiger partial charge in [0.05, 0.1) is 18.4 Å². The lowest BCUT2D eigenvalue weighted by atomic mass is 10.0. The van der Waals surface area contributed by atoms with Crippen LogP contribution < -0.4 is 20.7 Å². The van der Waals surface area contributed by atoms with E-state index in [0.29, 0.717) is 37.8 Å². The van der Waals surface area contributed by atoms with Crippen molar-refractivity contribution in [2.24, 2.45) is 5.92 Å². The van der Waals surface area contributed by atoms with Gasteiger partial charge in [0, 0.05) is 18.0 Å². The summed E-state index contributed by atoms with van der Waals surface area (Å²) in [5.74, 6) is -2.67. The first-order valence-electron chi connectivity index (χ1n) is 17.3. The van der Waals surface area contributed by atoms with E-state index in [-0.39, 0.29) is 32.4 Å². The van der Waals surface area contributed by atoms with Crippen LogP contribution in [0.4, 0.5) is 15.3 Å². The van der Waals surface area contributed by atoms with Crippen molar-refractivity contribution in [3.63, 3.8) is 0 Å². The molecule has 0 unspecified atom stereocenters. The number of hydrogen-bond donors (Lipinski definition) is 4. The zero-order chi connectivity index (χ0) is 35.2. The molecule has 0 spiro atoms. The van der Waals surface area contributed by atoms with Gasteiger partial charge in [-0.3, -0.25) is 24.4 Å². The number of alkyl carbamates (subject to hydrolysis) is 1. The molecule has 49 heavy (non-hydrogen) atoms. The molecule has 4 aliphatic rings. The third-order valence-corrected chi connectivity index (χ3v) is 11.5. The van der Waals surface area contributed by atoms with Crippen LogP contribution in [0.25, 0.3) is 0 Å². The van der Waals surface area contributed by atoms with E-state index >= 15 is 0 Å². The SMILES string of the molecule is C=C[C@H]1C[C@@]1(NC(=O)[C@@H]1C[C@@H]2CN1C(=O)[C@H](CCCC)NC(=O)OCCCCCCc1ccccc1NC(=O)O2)C(=O)NS(=O)(=O)C1CC1. The molecule has 5 rings (SSSR count). The third kappa shape index (κ3) is 8.91. The van der Waals surface area contributed by atoms with E-state index in [0.717, 1.165) is 31.2 Å². The first-order chi connectivity index (χ1) is 23.5. The fraction of sp³-hybridized carbons (Fsp3) is 0.618. The average molecular weight is 702 g/mol. The molecule has 2 heterocycles. The number of carbonyl (C=O) groups excluding carboxylic acids is 5. The Balaban J connectivity index is 1.39. The number of sulfonamides is 1. The van der Waals surface area contributed by atoms with E-state index in [4.69, 9.17) is 9.47 Å². The largest absolute Gasteiger partial charge is 0.450 e. The van der Waals surface area contributed by atoms with Crippen LogP contribution in [0.1, 0.15) is 83.1 Å². The standard InChI is InChI=1S/C34H47N5O9S/c1-3-5-14-27-30(41)39-21-24(19-28(39)29(40)37-34(20-23(34)4-2)31(42)38-49(45,46)25-16-17-25)48-33(44)35-26-15-10-9-13-22(26)12-8-6-7-11-18-47-32(43)36-27/h4,9-10,13,15,23-25,27-28H,2-3,5-8,11-12,14,16-21H2,1H3,(H,35,44)(H,36,43)(H,37,40)(H,38,42)/t23-,24+,27-,28-,34-/m0/s1. The lowest BCUT2D eigenvalue weighted by molar-refractivity contribution is -0.141. The number of nitrogens with zero attached hydrogens (tertiary/aromatic N) is 1. The van der Waals surface area contributed by atoms with Crippen LogP contribution in [0.3, 0.4) is 0 Å². The van der Waals surface area contributed by atoms with Crippen molar-refractivity contribution in [3.05, 3.63) is 42.5 Å². The first kappa shape index (κ1) is 36.1. The minimum atomic E-state index is -3.90. The third-order valence-electron chi connectivity index (χ3n) is 9.64. The molecule has 2 bridgehead atoms. The Labute approximate surface area is 287 Å². The normalized spacial score (nSPS) is 28.2. The number of para-hydroxylation sites is 1. The van der Waals surface area contributed by atoms with Gasteiger partial charge in [-0.05, 0) is 56.6 Å². The number of benzene rings is 1. The second-order valence-electron chi connectivity index (χ2n) is 13.4. The monoisotopic (exact) mass is 701 g/mol. The fourth-order valence-corrected chi connectivity index (χ4v) is 7.89. The summed E-state index contributed by atoms with van der Waals surface area (Å²) in [5.41, 5.74) is -0.0353. The minimum Gasteiger partial charge on any atom is -0.450 e. The number of aryl methyl sites for hydroxylation is 1. The van der Waals surface area contributed by atoms with Crippen LogP contribution >= 0.6 is 0 Å². The lowest BCUT2D eigenvalue weighted by Gasteiger charge is -2.29. The second-order valence-corrected chi connectivity index (χ2v) is 15.3. The summed E-state index contributed by atoms with van der Waals surface area (Å²) in [7, 11) is -3.90. The Morgan fingerprint density at radius 2 is 1.86 bits per heavy atom. The number of cyclic esters (lactones) is 1. The molecule has 0 radical (unpaired) electrons. The number of carbonyl (C=O) groups is 5. The van der Waals surface area contributed by atoms with Crippen molar-refractivity contribution >= 4 is 45.6 Å². The van der Waals surface area contributed by atoms with Gasteiger partial charge in [-0.2, -0.15) is 0 Å². The maximum Gasteiger partial charge on any atom is 0.411 e. The van der Waals surface area contributed by atoms with Crippen molar-refractivity contribution in [1.29, 1.82) is 0 Å². The summed E-state index contributed by atoms with van der Waals surface area (Å²) in [6.45, 7) is 5.71. The smallest absolute Gasteiger partial charge is 0.411 e. The molecular weight excluding hydrogens is 654 g/mol. The van der Waals surface area contributed by atoms with E-state index in [1.54, 1.807) is 12.1 Å². The second kappa shape index (κ2) is 15.6. The van der Waals surface area contributed by atoms with Gasteiger partial charge in [-0.15, -0.1) is 6.58 Å². The maximum absolute atomic E-state index is 14.1. The van der Waals surface area contributed by atoms with E-state index < -0.39 is 74.8 Å². The fourth-order valence-electron chi connectivity index (χ4n) is 6.53. The van der Waals surface area contributed by atoms with Gasteiger partial charge in [0.15, 0.2) is 0 Å². The highest BCUT2D eigenvalue weighted by Gasteiger charge is 2.62. The number of fused-ring (bicyclic) bond motifs is 3. The molecule has 268 valence electrons. The summed E-state index contributed by atoms with van der Waals surface area (Å²) in [6.07, 6.45) is 5.60. The molecule has 3 fully saturated rings. The summed E-state index contributed by atoms with van der Waals surface area (Å²) >= 11 is 0. The topological polar surface area (TPSA) is 189 Å². The van der Waals surface area contributed by atoms with Crippen LogP contribution in [0, 0.1) is 5.92 Å². The first-order valence-corrected chi connectivity index (χ1v) is 18.8. The molecule has 4 N–H and O–H groups in total. The van der Waals surface area contributed by atoms with Crippen LogP contribution in [0.15, 0.2) is 36.9 Å². The van der Waals surface area contributed by atoms with Crippen molar-refractivity contribution in [2.75, 3.05) is 18.5 Å². The van der Waals surface area contributed by atoms with Crippen molar-refractivity contribution in [2.45, 2.75) is 113 Å². The van der Waals surface area contributed by atoms with Crippen LogP contribution in [-0.2, 0) is 40.3 Å². The Bertz CT molecular complexity index is 1550. The lowest BCUT2D eigenvalue weighted by Crippen LogP contribution is -2.58. The zero-order valence-electron chi connectivity index (χ0n) is 27.9. The van der Waals surface area contributed by atoms with Crippen molar-refractivity contribution in [3.8, 4) is 0 Å². The number of unbranched alkanes of at least 4 members (excludes halogenated alkanes) is 1. The van der Waals surface area contributed by atoms with Gasteiger partial charge in [0.1, 0.15) is 23.7 Å². The van der Waals surface area contributed by atoms with E-state index in [1.165, 1.54) is 11.0 Å². The molecule has 14 nitrogen and oxygen atoms in total. The maximum atomic E-state index is 14.1. The molecule has 15 heteroatoms. The molecule has 1 aromatic rings. The highest BCUT2D eigenvalue weighted by atomic mass is 32.2. The molecule has 5 atom stereocenters. The molecule has 1 aromatic carbocycles. The molecule has 2 saturated carbocycles. The highest BCUT2D eigenvalue weighted by Crippen LogP contribution is 2.45. The van der Waals surface area contributed by atoms with Crippen molar-refractivity contribution < 1.29 is 41.9 Å². The summed E-state index contributed by atoms with van der Waals surface area (Å²) in [6, 6.07) is 5.18. The average Bonchev–Trinajstić information content (AvgIpc) is 3.99. The summed E-state index contributed by atoms with van der Waals surface area (Å²) in [4.78, 5) is 68.6. The Morgan fingerprint density at radius 1 is 1.10 bits per heavy atom. The number of amides is 5. The van der Waals surface area contributed by atoms with E-state index in [1.807, 2.05) is 19.1 Å². The molecule has 1 saturated heterocycles. The minimum absolute atomic E-state index is 0.0889. The van der Waals surface area contributed by atoms with Crippen molar-refractivity contribution in [1.82, 2.24) is 20.3 Å². The predicted octanol–water partition coefficient (Wildman–Crippen LogP) is 3.28. The molecule has 5 amide bonds. The summed E-state index contributed by atoms with van der Waals surface area (Å²) in [5, 5.41) is 7.55. The van der Waals surface area contributed by atoms with Gasteiger partial charge in [0.2, 0.25) is 21.8 Å². The quantitative estimate of drug-likeness (QED) is 0.280. The van der Waals surface area contributed by atoms with E-state index in [2.05, 4.69) is 27.3 Å². The van der Waals surface area contributed by atoms with E-state index in [9.17, 15) is 32.4 Å². The van der Waals surface area contributed by atoms with Gasteiger partial charge < -0.3 is 25.0 Å². The summed E-state index contributed by atoms with van der Waals surface area (Å²) < 4.78 is 38.4. The Kier molecular flexibility index (Phi) is 11.5. The Hall–Kier alpha value is -4.14. The number of nitrogens with one attached hydrogen (secondary N) is 4. The van der Waals surface area contributed by atoms with Gasteiger partial charge in [0.25, 0.3) is 5.91 Å². The molecule has 2 aliphatic carbocycles. The number of hydrogen-bond acceptors (Lipinski definition) is 9. The zero-order valence-corrected chi connectivity index (χ0v) is 28.7. The number of rotatable bonds is 9. The number of anilines is 1. The molecule has 0 aromatic heterocycles. The molecule has 2 aliphatic heterocycles. The van der Waals surface area contributed by atoms with Crippen LogP contribution in [-0.4, -0.2) is 85.4 Å². The number of ether oxygens (including phenoxy) is 2. The van der Waals surface area contributed by atoms with Crippen LogP contribution in [0.2, 0.25) is 0 Å². The van der Waals surface area contributed by atoms with Gasteiger partial charge in [-0.1, -0.05) is 56.9 Å². The Morgan fingerprint density at radius 3 is 2.57 bits per heavy atom. The van der Waals surface area contributed by atoms with Crippen LogP contribution in [0.5, 0.6) is 0 Å². The highest BCUT2D eigenvalue weighted by molar-refractivity contribution is 7.91. The van der Waals surface area contributed by atoms with Gasteiger partial charge in [-0.25, -0.2) is 18.0 Å².